The number of carbonyl (C=O) groups is 1. The van der Waals surface area contributed by atoms with Crippen LogP contribution < -0.4 is 0 Å². The topological polar surface area (TPSA) is 40.5 Å². The van der Waals surface area contributed by atoms with E-state index in [-0.39, 0.29) is 13.0 Å². The lowest BCUT2D eigenvalue weighted by Gasteiger charge is -2.33. The summed E-state index contributed by atoms with van der Waals surface area (Å²) in [5.74, 6) is -0.994. The maximum atomic E-state index is 12.1. The van der Waals surface area contributed by atoms with Crippen LogP contribution in [0.25, 0.3) is 0 Å². The Balaban J connectivity index is 2.03. The molecule has 0 spiro atoms. The summed E-state index contributed by atoms with van der Waals surface area (Å²) < 4.78 is 36.4. The van der Waals surface area contributed by atoms with Gasteiger partial charge in [0.15, 0.2) is 0 Å². The van der Waals surface area contributed by atoms with Crippen LogP contribution in [0.4, 0.5) is 13.2 Å². The first-order chi connectivity index (χ1) is 8.88. The molecule has 106 valence electrons. The van der Waals surface area contributed by atoms with Gasteiger partial charge in [0.1, 0.15) is 6.04 Å². The van der Waals surface area contributed by atoms with Crippen molar-refractivity contribution in [2.24, 2.45) is 0 Å². The molecule has 0 aliphatic carbocycles. The zero-order chi connectivity index (χ0) is 14.0. The van der Waals surface area contributed by atoms with Crippen molar-refractivity contribution in [3.05, 3.63) is 21.9 Å². The highest BCUT2D eigenvalue weighted by atomic mass is 32.1. The van der Waals surface area contributed by atoms with Crippen molar-refractivity contribution in [1.29, 1.82) is 0 Å². The van der Waals surface area contributed by atoms with Crippen molar-refractivity contribution in [1.82, 2.24) is 4.90 Å². The van der Waals surface area contributed by atoms with Crippen molar-refractivity contribution in [2.45, 2.75) is 31.5 Å². The van der Waals surface area contributed by atoms with Crippen LogP contribution >= 0.6 is 11.3 Å². The fraction of sp³-hybridized carbons (Fsp3) is 0.583. The standard InChI is InChI=1S/C12H14F3NO2S/c13-12(14,15)4-1-5-16-6-2-9-8(3-7-19-9)10(16)11(17)18/h3,7,10H,1-2,4-6H2,(H,17,18). The lowest BCUT2D eigenvalue weighted by Crippen LogP contribution is -2.39. The molecule has 0 saturated heterocycles. The Morgan fingerprint density at radius 2 is 2.26 bits per heavy atom. The Hall–Kier alpha value is -1.08. The molecule has 1 atom stereocenters. The van der Waals surface area contributed by atoms with E-state index in [0.29, 0.717) is 13.0 Å². The molecule has 0 aromatic carbocycles. The molecule has 2 rings (SSSR count). The number of halogens is 3. The first kappa shape index (κ1) is 14.3. The molecule has 0 radical (unpaired) electrons. The average molecular weight is 293 g/mol. The zero-order valence-electron chi connectivity index (χ0n) is 10.1. The number of alkyl halides is 3. The third-order valence-corrected chi connectivity index (χ3v) is 4.20. The number of carboxylic acids is 1. The molecular weight excluding hydrogens is 279 g/mol. The van der Waals surface area contributed by atoms with Gasteiger partial charge >= 0.3 is 12.1 Å². The summed E-state index contributed by atoms with van der Waals surface area (Å²) >= 11 is 1.51. The molecule has 2 heterocycles. The van der Waals surface area contributed by atoms with Gasteiger partial charge in [-0.1, -0.05) is 0 Å². The molecule has 1 aromatic rings. The third kappa shape index (κ3) is 3.48. The molecule has 1 unspecified atom stereocenters. The number of aliphatic carboxylic acids is 1. The van der Waals surface area contributed by atoms with Crippen LogP contribution in [0.2, 0.25) is 0 Å². The summed E-state index contributed by atoms with van der Waals surface area (Å²) in [5.41, 5.74) is 0.732. The molecule has 1 aromatic heterocycles. The van der Waals surface area contributed by atoms with E-state index in [1.165, 1.54) is 11.3 Å². The highest BCUT2D eigenvalue weighted by Crippen LogP contribution is 2.34. The molecule has 0 amide bonds. The minimum Gasteiger partial charge on any atom is -0.480 e. The fourth-order valence-electron chi connectivity index (χ4n) is 2.38. The Kier molecular flexibility index (Phi) is 4.15. The van der Waals surface area contributed by atoms with E-state index in [4.69, 9.17) is 0 Å². The molecule has 3 nitrogen and oxygen atoms in total. The number of carboxylic acid groups (broad SMARTS) is 1. The van der Waals surface area contributed by atoms with Gasteiger partial charge in [-0.15, -0.1) is 11.3 Å². The summed E-state index contributed by atoms with van der Waals surface area (Å²) in [5, 5.41) is 11.1. The van der Waals surface area contributed by atoms with Gasteiger partial charge in [0, 0.05) is 17.8 Å². The number of hydrogen-bond acceptors (Lipinski definition) is 3. The predicted octanol–water partition coefficient (Wildman–Crippen LogP) is 3.07. The van der Waals surface area contributed by atoms with E-state index in [1.807, 2.05) is 5.38 Å². The van der Waals surface area contributed by atoms with Crippen molar-refractivity contribution in [3.8, 4) is 0 Å². The van der Waals surface area contributed by atoms with Gasteiger partial charge in [0.2, 0.25) is 0 Å². The van der Waals surface area contributed by atoms with Crippen LogP contribution in [-0.4, -0.2) is 35.2 Å². The predicted molar refractivity (Wildman–Crippen MR) is 65.3 cm³/mol. The number of nitrogens with zero attached hydrogens (tertiary/aromatic N) is 1. The molecular formula is C12H14F3NO2S. The molecule has 0 fully saturated rings. The van der Waals surface area contributed by atoms with Crippen molar-refractivity contribution in [3.63, 3.8) is 0 Å². The van der Waals surface area contributed by atoms with E-state index in [0.717, 1.165) is 10.4 Å². The summed E-state index contributed by atoms with van der Waals surface area (Å²) in [7, 11) is 0. The van der Waals surface area contributed by atoms with Gasteiger partial charge in [0.05, 0.1) is 0 Å². The second-order valence-electron chi connectivity index (χ2n) is 4.54. The second-order valence-corrected chi connectivity index (χ2v) is 5.55. The Morgan fingerprint density at radius 3 is 2.89 bits per heavy atom. The smallest absolute Gasteiger partial charge is 0.389 e. The third-order valence-electron chi connectivity index (χ3n) is 3.21. The first-order valence-electron chi connectivity index (χ1n) is 5.98. The normalized spacial score (nSPS) is 20.3. The van der Waals surface area contributed by atoms with E-state index in [1.54, 1.807) is 11.0 Å². The van der Waals surface area contributed by atoms with Gasteiger partial charge in [-0.05, 0) is 36.4 Å². The van der Waals surface area contributed by atoms with Gasteiger partial charge in [-0.2, -0.15) is 13.2 Å². The molecule has 7 heteroatoms. The van der Waals surface area contributed by atoms with E-state index in [9.17, 15) is 23.1 Å². The average Bonchev–Trinajstić information content (AvgIpc) is 2.74. The summed E-state index contributed by atoms with van der Waals surface area (Å²) in [6, 6.07) is 0.956. The Bertz CT molecular complexity index is 458. The van der Waals surface area contributed by atoms with Gasteiger partial charge in [-0.3, -0.25) is 9.69 Å². The zero-order valence-corrected chi connectivity index (χ0v) is 10.9. The van der Waals surface area contributed by atoms with E-state index in [2.05, 4.69) is 0 Å². The Labute approximate surface area is 112 Å². The van der Waals surface area contributed by atoms with Crippen molar-refractivity contribution >= 4 is 17.3 Å². The highest BCUT2D eigenvalue weighted by Gasteiger charge is 2.34. The summed E-state index contributed by atoms with van der Waals surface area (Å²) in [6.45, 7) is 0.661. The van der Waals surface area contributed by atoms with Gasteiger partial charge in [-0.25, -0.2) is 0 Å². The highest BCUT2D eigenvalue weighted by molar-refractivity contribution is 7.10. The first-order valence-corrected chi connectivity index (χ1v) is 6.86. The maximum absolute atomic E-state index is 12.1. The fourth-order valence-corrected chi connectivity index (χ4v) is 3.28. The SMILES string of the molecule is O=C(O)C1c2ccsc2CCN1CCCC(F)(F)F. The van der Waals surface area contributed by atoms with Crippen molar-refractivity contribution < 1.29 is 23.1 Å². The van der Waals surface area contributed by atoms with Crippen LogP contribution in [-0.2, 0) is 11.2 Å². The van der Waals surface area contributed by atoms with Crippen molar-refractivity contribution in [2.75, 3.05) is 13.1 Å². The summed E-state index contributed by atoms with van der Waals surface area (Å²) in [6.07, 6.45) is -4.40. The lowest BCUT2D eigenvalue weighted by atomic mass is 9.99. The largest absolute Gasteiger partial charge is 0.480 e. The molecule has 1 aliphatic heterocycles. The molecule has 19 heavy (non-hydrogen) atoms. The van der Waals surface area contributed by atoms with Gasteiger partial charge < -0.3 is 5.11 Å². The van der Waals surface area contributed by atoms with Crippen LogP contribution in [0.15, 0.2) is 11.4 Å². The number of rotatable bonds is 4. The minimum absolute atomic E-state index is 0.0627. The van der Waals surface area contributed by atoms with E-state index >= 15 is 0 Å². The van der Waals surface area contributed by atoms with Crippen LogP contribution in [0.5, 0.6) is 0 Å². The van der Waals surface area contributed by atoms with Crippen LogP contribution in [0.3, 0.4) is 0 Å². The Morgan fingerprint density at radius 1 is 1.53 bits per heavy atom. The lowest BCUT2D eigenvalue weighted by molar-refractivity contribution is -0.145. The van der Waals surface area contributed by atoms with E-state index < -0.39 is 24.6 Å². The maximum Gasteiger partial charge on any atom is 0.389 e. The number of fused-ring (bicyclic) bond motifs is 1. The molecule has 1 N–H and O–H groups in total. The number of hydrogen-bond donors (Lipinski definition) is 1. The molecule has 0 saturated carbocycles. The molecule has 0 bridgehead atoms. The van der Waals surface area contributed by atoms with Crippen LogP contribution in [0.1, 0.15) is 29.3 Å². The molecule has 1 aliphatic rings. The number of thiophene rings is 1. The minimum atomic E-state index is -4.18. The van der Waals surface area contributed by atoms with Crippen LogP contribution in [0, 0.1) is 0 Å². The van der Waals surface area contributed by atoms with Gasteiger partial charge in [0.25, 0.3) is 0 Å². The monoisotopic (exact) mass is 293 g/mol. The second kappa shape index (κ2) is 5.50. The summed E-state index contributed by atoms with van der Waals surface area (Å²) in [4.78, 5) is 14.0. The quantitative estimate of drug-likeness (QED) is 0.927.